The molecule has 17 nitrogen and oxygen atoms in total. The summed E-state index contributed by atoms with van der Waals surface area (Å²) in [7, 11) is -17.9. The molecule has 0 saturated heterocycles. The van der Waals surface area contributed by atoms with Gasteiger partial charge in [0.05, 0.1) is 21.3 Å². The van der Waals surface area contributed by atoms with Crippen LogP contribution in [-0.4, -0.2) is 99.4 Å². The van der Waals surface area contributed by atoms with Crippen LogP contribution in [0.1, 0.15) is 64.0 Å². The van der Waals surface area contributed by atoms with E-state index < -0.39 is 62.8 Å². The third kappa shape index (κ3) is 14.1. The maximum atomic E-state index is 12.2. The summed E-state index contributed by atoms with van der Waals surface area (Å²) in [6, 6.07) is 7.88. The number of nitrogens with two attached hydrogens (primary N) is 1. The molecule has 1 aliphatic rings. The van der Waals surface area contributed by atoms with E-state index in [-0.39, 0.29) is 39.1 Å². The molecule has 58 heavy (non-hydrogen) atoms. The number of anilines is 2. The van der Waals surface area contributed by atoms with Crippen LogP contribution in [0.3, 0.4) is 0 Å². The average Bonchev–Trinajstić information content (AvgIpc) is 3.33. The van der Waals surface area contributed by atoms with E-state index >= 15 is 0 Å². The Labute approximate surface area is 354 Å². The molecule has 2 unspecified atom stereocenters. The number of carbonyl (C=O) groups is 1. The van der Waals surface area contributed by atoms with Crippen molar-refractivity contribution in [3.05, 3.63) is 83.6 Å². The number of halogens is 1. The van der Waals surface area contributed by atoms with Crippen LogP contribution in [-0.2, 0) is 56.1 Å². The first kappa shape index (κ1) is 49.4. The molecule has 0 fully saturated rings. The molecule has 0 bridgehead atoms. The predicted molar refractivity (Wildman–Crippen MR) is 231 cm³/mol. The number of benzene rings is 2. The molecule has 0 aromatic heterocycles. The van der Waals surface area contributed by atoms with Crippen LogP contribution >= 0.6 is 22.6 Å². The molecule has 0 saturated carbocycles. The zero-order valence-corrected chi connectivity index (χ0v) is 37.6. The van der Waals surface area contributed by atoms with E-state index in [0.717, 1.165) is 0 Å². The third-order valence-corrected chi connectivity index (χ3v) is 14.8. The number of fused-ring (bicyclic) bond motifs is 1. The van der Waals surface area contributed by atoms with Crippen LogP contribution in [0.2, 0.25) is 0 Å². The molecule has 8 N–H and O–H groups in total. The minimum Gasteiger partial charge on any atom is -0.384 e. The Bertz CT molecular complexity index is 2350. The SMILES string of the molecule is CC1(CCCCCC(=O)NCCN)/C(=C/C=C/C=C/C(I)C(C)(C)c2cc(S(=O)(=O)O)ccc2NCCS(=O)(=O)O)N(CCS(=O)(=O)O)c2ccc(S(=O)(=O)O)cc21. The topological polar surface area (TPSA) is 288 Å². The smallest absolute Gasteiger partial charge is 0.294 e. The fourth-order valence-corrected chi connectivity index (χ4v) is 8.95. The van der Waals surface area contributed by atoms with Crippen molar-refractivity contribution in [2.75, 3.05) is 47.9 Å². The highest BCUT2D eigenvalue weighted by atomic mass is 127. The lowest BCUT2D eigenvalue weighted by Gasteiger charge is -2.32. The summed E-state index contributed by atoms with van der Waals surface area (Å²) < 4.78 is 133. The van der Waals surface area contributed by atoms with Crippen molar-refractivity contribution in [1.82, 2.24) is 5.32 Å². The monoisotopic (exact) mass is 1000 g/mol. The molecule has 0 radical (unpaired) electrons. The van der Waals surface area contributed by atoms with Gasteiger partial charge in [0.25, 0.3) is 40.5 Å². The first-order valence-electron chi connectivity index (χ1n) is 18.0. The van der Waals surface area contributed by atoms with E-state index in [1.807, 2.05) is 26.8 Å². The summed E-state index contributed by atoms with van der Waals surface area (Å²) in [6.07, 6.45) is 11.2. The standard InChI is InChI=1S/C36H51IN4O13S4/c1-35(2,28-24-26(57(49,50)51)13-15-30(28)39-20-22-55(43,44)45)32(37)10-6-4-7-11-33-36(3,17-9-5-8-12-34(42)40-19-18-38)29-25-27(58(52,53)54)14-16-31(29)41(33)21-23-56(46,47)48/h4,6-7,10-11,13-16,24-25,32,39H,5,8-9,12,17-23,38H2,1-3H3,(H,40,42)(H,43,44,45)(H,46,47,48)(H,49,50,51)(H,52,53,54)/b7-4+,10-6+,33-11-. The maximum Gasteiger partial charge on any atom is 0.294 e. The summed E-state index contributed by atoms with van der Waals surface area (Å²) >= 11 is 2.15. The fourth-order valence-electron chi connectivity index (χ4n) is 6.59. The highest BCUT2D eigenvalue weighted by Gasteiger charge is 2.44. The van der Waals surface area contributed by atoms with Gasteiger partial charge in [0.15, 0.2) is 0 Å². The van der Waals surface area contributed by atoms with E-state index in [4.69, 9.17) is 5.73 Å². The quantitative estimate of drug-likeness (QED) is 0.0285. The van der Waals surface area contributed by atoms with Crippen molar-refractivity contribution in [1.29, 1.82) is 0 Å². The van der Waals surface area contributed by atoms with Crippen molar-refractivity contribution in [3.8, 4) is 0 Å². The molecule has 0 aliphatic carbocycles. The highest BCUT2D eigenvalue weighted by Crippen LogP contribution is 2.51. The van der Waals surface area contributed by atoms with E-state index in [1.165, 1.54) is 36.4 Å². The van der Waals surface area contributed by atoms with Gasteiger partial charge in [0.1, 0.15) is 0 Å². The van der Waals surface area contributed by atoms with Crippen molar-refractivity contribution in [3.63, 3.8) is 0 Å². The van der Waals surface area contributed by atoms with Gasteiger partial charge in [-0.2, -0.15) is 33.7 Å². The fraction of sp³-hybridized carbons (Fsp3) is 0.472. The molecule has 2 aromatic rings. The van der Waals surface area contributed by atoms with Gasteiger partial charge in [-0.05, 0) is 73.4 Å². The summed E-state index contributed by atoms with van der Waals surface area (Å²) in [6.45, 7) is 5.81. The van der Waals surface area contributed by atoms with Crippen LogP contribution < -0.4 is 21.3 Å². The molecule has 3 rings (SSSR count). The maximum absolute atomic E-state index is 12.2. The first-order valence-corrected chi connectivity index (χ1v) is 25.4. The molecule has 2 aromatic carbocycles. The van der Waals surface area contributed by atoms with Gasteiger partial charge >= 0.3 is 0 Å². The summed E-state index contributed by atoms with van der Waals surface area (Å²) in [4.78, 5) is 13.1. The minimum absolute atomic E-state index is 0.132. The largest absolute Gasteiger partial charge is 0.384 e. The van der Waals surface area contributed by atoms with Gasteiger partial charge in [0, 0.05) is 64.4 Å². The number of hydrogen-bond donors (Lipinski definition) is 7. The van der Waals surface area contributed by atoms with Gasteiger partial charge in [-0.3, -0.25) is 23.0 Å². The molecule has 1 amide bonds. The van der Waals surface area contributed by atoms with Crippen molar-refractivity contribution in [2.45, 2.75) is 77.4 Å². The second kappa shape index (κ2) is 20.1. The average molecular weight is 1000 g/mol. The number of allylic oxidation sites excluding steroid dienone is 6. The van der Waals surface area contributed by atoms with Crippen LogP contribution in [0, 0.1) is 0 Å². The number of hydrogen-bond acceptors (Lipinski definition) is 12. The zero-order valence-electron chi connectivity index (χ0n) is 32.2. The predicted octanol–water partition coefficient (Wildman–Crippen LogP) is 4.25. The Balaban J connectivity index is 2.00. The van der Waals surface area contributed by atoms with E-state index in [1.54, 1.807) is 29.2 Å². The Kier molecular flexibility index (Phi) is 17.1. The van der Waals surface area contributed by atoms with Gasteiger partial charge in [-0.1, -0.05) is 73.6 Å². The van der Waals surface area contributed by atoms with E-state index in [2.05, 4.69) is 33.2 Å². The lowest BCUT2D eigenvalue weighted by molar-refractivity contribution is -0.121. The number of unbranched alkanes of at least 4 members (excludes halogenated alkanes) is 2. The Morgan fingerprint density at radius 3 is 2.09 bits per heavy atom. The van der Waals surface area contributed by atoms with Crippen LogP contribution in [0.15, 0.2) is 82.3 Å². The lowest BCUT2D eigenvalue weighted by atomic mass is 9.77. The number of rotatable bonds is 22. The summed E-state index contributed by atoms with van der Waals surface area (Å²) in [5.41, 5.74) is 6.09. The molecule has 1 aliphatic heterocycles. The van der Waals surface area contributed by atoms with Crippen LogP contribution in [0.4, 0.5) is 11.4 Å². The number of amides is 1. The number of carbonyl (C=O) groups excluding carboxylic acids is 1. The van der Waals surface area contributed by atoms with Crippen LogP contribution in [0.25, 0.3) is 0 Å². The molecule has 324 valence electrons. The summed E-state index contributed by atoms with van der Waals surface area (Å²) in [5.74, 6) is -1.38. The van der Waals surface area contributed by atoms with Gasteiger partial charge in [-0.25, -0.2) is 0 Å². The Morgan fingerprint density at radius 2 is 1.48 bits per heavy atom. The second-order valence-corrected chi connectivity index (χ2v) is 21.8. The Morgan fingerprint density at radius 1 is 0.862 bits per heavy atom. The highest BCUT2D eigenvalue weighted by molar-refractivity contribution is 14.1. The van der Waals surface area contributed by atoms with Crippen LogP contribution in [0.5, 0.6) is 0 Å². The third-order valence-electron chi connectivity index (χ3n) is 9.73. The number of alkyl halides is 1. The lowest BCUT2D eigenvalue weighted by Crippen LogP contribution is -2.32. The van der Waals surface area contributed by atoms with Crippen molar-refractivity contribution >= 4 is 80.3 Å². The first-order chi connectivity index (χ1) is 26.7. The van der Waals surface area contributed by atoms with Crippen molar-refractivity contribution < 1.29 is 56.7 Å². The zero-order chi connectivity index (χ0) is 43.7. The van der Waals surface area contributed by atoms with E-state index in [9.17, 15) is 56.7 Å². The molecule has 1 heterocycles. The molecule has 0 spiro atoms. The van der Waals surface area contributed by atoms with Gasteiger partial charge in [0.2, 0.25) is 5.91 Å². The van der Waals surface area contributed by atoms with Gasteiger partial charge in [-0.15, -0.1) is 0 Å². The normalized spacial score (nSPS) is 17.9. The molecule has 22 heteroatoms. The molecular formula is C36H51IN4O13S4. The molecular weight excluding hydrogens is 952 g/mol. The van der Waals surface area contributed by atoms with Gasteiger partial charge < -0.3 is 21.3 Å². The second-order valence-electron chi connectivity index (χ2n) is 14.5. The minimum atomic E-state index is -4.61. The number of nitrogens with one attached hydrogen (secondary N) is 2. The number of nitrogens with zero attached hydrogens (tertiary/aromatic N) is 1. The Hall–Kier alpha value is -2.94. The van der Waals surface area contributed by atoms with E-state index in [0.29, 0.717) is 67.0 Å². The van der Waals surface area contributed by atoms with Crippen molar-refractivity contribution in [2.24, 2.45) is 5.73 Å². The summed E-state index contributed by atoms with van der Waals surface area (Å²) in [5, 5.41) is 5.63. The molecule has 2 atom stereocenters.